The Bertz CT molecular complexity index is 625. The molecule has 0 aliphatic rings. The van der Waals surface area contributed by atoms with Crippen molar-refractivity contribution >= 4 is 10.8 Å². The van der Waals surface area contributed by atoms with Gasteiger partial charge in [0, 0.05) is 11.5 Å². The smallest absolute Gasteiger partial charge is 0.115 e. The van der Waals surface area contributed by atoms with Gasteiger partial charge in [-0.25, -0.2) is 0 Å². The summed E-state index contributed by atoms with van der Waals surface area (Å²) in [6.45, 7) is 2.10. The van der Waals surface area contributed by atoms with Crippen LogP contribution in [-0.4, -0.2) is 21.0 Å². The Hall–Kier alpha value is -1.65. The average molecular weight is 332 g/mol. The molecule has 4 heteroatoms. The molecular formula is C19H24O3S. The first-order valence-electron chi connectivity index (χ1n) is 8.01. The van der Waals surface area contributed by atoms with Gasteiger partial charge in [0.15, 0.2) is 0 Å². The molecule has 2 N–H and O–H groups in total. The molecule has 2 rings (SSSR count). The van der Waals surface area contributed by atoms with Crippen LogP contribution in [0.15, 0.2) is 59.5 Å². The Morgan fingerprint density at radius 3 is 2.22 bits per heavy atom. The fourth-order valence-electron chi connectivity index (χ4n) is 2.89. The topological polar surface area (TPSA) is 57.5 Å². The molecule has 0 aromatic heterocycles. The standard InChI is InChI=1S/C19H24O3S/c1-2-3-13-19(14-15-20,16-7-5-4-6-8-16)23(22)18-11-9-17(21)10-12-18/h4-12,20-21H,2-3,13-15H2,1H3. The van der Waals surface area contributed by atoms with Gasteiger partial charge in [-0.2, -0.15) is 0 Å². The number of benzene rings is 2. The first-order chi connectivity index (χ1) is 11.1. The molecule has 0 spiro atoms. The molecule has 0 amide bonds. The molecule has 0 aliphatic heterocycles. The first kappa shape index (κ1) is 17.7. The third-order valence-corrected chi connectivity index (χ3v) is 6.21. The molecule has 2 atom stereocenters. The van der Waals surface area contributed by atoms with Crippen molar-refractivity contribution in [2.24, 2.45) is 0 Å². The second-order valence-corrected chi connectivity index (χ2v) is 7.49. The Morgan fingerprint density at radius 1 is 1.00 bits per heavy atom. The number of aliphatic hydroxyl groups is 1. The minimum Gasteiger partial charge on any atom is -0.508 e. The summed E-state index contributed by atoms with van der Waals surface area (Å²) in [5, 5.41) is 19.1. The molecule has 0 saturated carbocycles. The number of aromatic hydroxyl groups is 1. The summed E-state index contributed by atoms with van der Waals surface area (Å²) >= 11 is 0. The van der Waals surface area contributed by atoms with E-state index in [1.54, 1.807) is 24.3 Å². The monoisotopic (exact) mass is 332 g/mol. The van der Waals surface area contributed by atoms with Gasteiger partial charge in [-0.1, -0.05) is 50.1 Å². The second kappa shape index (κ2) is 8.27. The summed E-state index contributed by atoms with van der Waals surface area (Å²) in [7, 11) is -1.31. The molecule has 0 radical (unpaired) electrons. The van der Waals surface area contributed by atoms with Crippen LogP contribution < -0.4 is 0 Å². The molecular weight excluding hydrogens is 308 g/mol. The number of hydrogen-bond donors (Lipinski definition) is 2. The van der Waals surface area contributed by atoms with E-state index in [1.807, 2.05) is 30.3 Å². The fourth-order valence-corrected chi connectivity index (χ4v) is 4.68. The molecule has 2 unspecified atom stereocenters. The van der Waals surface area contributed by atoms with Crippen LogP contribution in [0.5, 0.6) is 5.75 Å². The van der Waals surface area contributed by atoms with Crippen LogP contribution in [0.25, 0.3) is 0 Å². The zero-order valence-corrected chi connectivity index (χ0v) is 14.3. The zero-order chi connectivity index (χ0) is 16.7. The summed E-state index contributed by atoms with van der Waals surface area (Å²) in [6.07, 6.45) is 3.15. The highest BCUT2D eigenvalue weighted by molar-refractivity contribution is 7.86. The summed E-state index contributed by atoms with van der Waals surface area (Å²) in [6, 6.07) is 16.3. The SMILES string of the molecule is CCCCC(CCO)(c1ccccc1)S(=O)c1ccc(O)cc1. The van der Waals surface area contributed by atoms with E-state index < -0.39 is 15.5 Å². The maximum Gasteiger partial charge on any atom is 0.115 e. The van der Waals surface area contributed by atoms with Gasteiger partial charge < -0.3 is 10.2 Å². The number of unbranched alkanes of at least 4 members (excludes halogenated alkanes) is 1. The van der Waals surface area contributed by atoms with Crippen LogP contribution in [0, 0.1) is 0 Å². The Morgan fingerprint density at radius 2 is 1.65 bits per heavy atom. The molecule has 0 bridgehead atoms. The molecule has 0 saturated heterocycles. The highest BCUT2D eigenvalue weighted by Crippen LogP contribution is 2.40. The Kier molecular flexibility index (Phi) is 6.37. The van der Waals surface area contributed by atoms with Gasteiger partial charge in [0.1, 0.15) is 5.75 Å². The second-order valence-electron chi connectivity index (χ2n) is 5.70. The molecule has 124 valence electrons. The van der Waals surface area contributed by atoms with Gasteiger partial charge in [-0.05, 0) is 42.7 Å². The van der Waals surface area contributed by atoms with Gasteiger partial charge in [-0.15, -0.1) is 0 Å². The molecule has 3 nitrogen and oxygen atoms in total. The minimum atomic E-state index is -1.31. The summed E-state index contributed by atoms with van der Waals surface area (Å²) in [5.41, 5.74) is 0.994. The molecule has 0 heterocycles. The largest absolute Gasteiger partial charge is 0.508 e. The van der Waals surface area contributed by atoms with E-state index in [1.165, 1.54) is 0 Å². The van der Waals surface area contributed by atoms with Crippen LogP contribution in [0.3, 0.4) is 0 Å². The van der Waals surface area contributed by atoms with E-state index in [0.717, 1.165) is 24.8 Å². The van der Waals surface area contributed by atoms with Crippen LogP contribution in [0.2, 0.25) is 0 Å². The van der Waals surface area contributed by atoms with E-state index in [0.29, 0.717) is 11.3 Å². The molecule has 2 aromatic carbocycles. The predicted octanol–water partition coefficient (Wildman–Crippen LogP) is 3.97. The van der Waals surface area contributed by atoms with Gasteiger partial charge in [-0.3, -0.25) is 4.21 Å². The van der Waals surface area contributed by atoms with E-state index in [9.17, 15) is 14.4 Å². The van der Waals surface area contributed by atoms with E-state index >= 15 is 0 Å². The summed E-state index contributed by atoms with van der Waals surface area (Å²) < 4.78 is 12.8. The Balaban J connectivity index is 2.50. The first-order valence-corrected chi connectivity index (χ1v) is 9.16. The fraction of sp³-hybridized carbons (Fsp3) is 0.368. The lowest BCUT2D eigenvalue weighted by molar-refractivity contribution is 0.261. The predicted molar refractivity (Wildman–Crippen MR) is 93.9 cm³/mol. The molecule has 0 aliphatic carbocycles. The van der Waals surface area contributed by atoms with Crippen LogP contribution in [-0.2, 0) is 15.5 Å². The van der Waals surface area contributed by atoms with Crippen molar-refractivity contribution in [3.63, 3.8) is 0 Å². The molecule has 0 fully saturated rings. The Labute approximate surface area is 140 Å². The quantitative estimate of drug-likeness (QED) is 0.769. The van der Waals surface area contributed by atoms with Crippen LogP contribution in [0.4, 0.5) is 0 Å². The normalized spacial score (nSPS) is 15.0. The van der Waals surface area contributed by atoms with Crippen molar-refractivity contribution in [1.29, 1.82) is 0 Å². The highest BCUT2D eigenvalue weighted by atomic mass is 32.2. The van der Waals surface area contributed by atoms with Crippen molar-refractivity contribution in [2.75, 3.05) is 6.61 Å². The van der Waals surface area contributed by atoms with Gasteiger partial charge >= 0.3 is 0 Å². The maximum absolute atomic E-state index is 13.4. The molecule has 23 heavy (non-hydrogen) atoms. The molecule has 2 aromatic rings. The number of hydrogen-bond acceptors (Lipinski definition) is 3. The summed E-state index contributed by atoms with van der Waals surface area (Å²) in [5.74, 6) is 0.159. The van der Waals surface area contributed by atoms with Crippen molar-refractivity contribution < 1.29 is 14.4 Å². The number of rotatable bonds is 8. The number of aliphatic hydroxyl groups excluding tert-OH is 1. The zero-order valence-electron chi connectivity index (χ0n) is 13.4. The third kappa shape index (κ3) is 4.01. The average Bonchev–Trinajstić information content (AvgIpc) is 2.59. The minimum absolute atomic E-state index is 0.0115. The van der Waals surface area contributed by atoms with Gasteiger partial charge in [0.05, 0.1) is 15.5 Å². The van der Waals surface area contributed by atoms with Crippen molar-refractivity contribution in [3.8, 4) is 5.75 Å². The number of phenols is 1. The third-order valence-electron chi connectivity index (χ3n) is 4.16. The highest BCUT2D eigenvalue weighted by Gasteiger charge is 2.38. The van der Waals surface area contributed by atoms with Crippen molar-refractivity contribution in [1.82, 2.24) is 0 Å². The summed E-state index contributed by atoms with van der Waals surface area (Å²) in [4.78, 5) is 0.677. The van der Waals surface area contributed by atoms with Crippen LogP contribution in [0.1, 0.15) is 38.2 Å². The lowest BCUT2D eigenvalue weighted by Gasteiger charge is -2.33. The van der Waals surface area contributed by atoms with Gasteiger partial charge in [0.25, 0.3) is 0 Å². The lowest BCUT2D eigenvalue weighted by atomic mass is 9.90. The number of phenolic OH excluding ortho intramolecular Hbond substituents is 1. The van der Waals surface area contributed by atoms with Crippen molar-refractivity contribution in [2.45, 2.75) is 42.2 Å². The lowest BCUT2D eigenvalue weighted by Crippen LogP contribution is -2.33. The van der Waals surface area contributed by atoms with E-state index in [-0.39, 0.29) is 12.4 Å². The van der Waals surface area contributed by atoms with E-state index in [4.69, 9.17) is 0 Å². The van der Waals surface area contributed by atoms with Gasteiger partial charge in [0.2, 0.25) is 0 Å². The maximum atomic E-state index is 13.4. The van der Waals surface area contributed by atoms with E-state index in [2.05, 4.69) is 6.92 Å². The van der Waals surface area contributed by atoms with Crippen LogP contribution >= 0.6 is 0 Å². The van der Waals surface area contributed by atoms with Crippen molar-refractivity contribution in [3.05, 3.63) is 60.2 Å².